The minimum absolute atomic E-state index is 0.0211. The number of aliphatic hydroxyl groups excluding tert-OH is 1. The summed E-state index contributed by atoms with van der Waals surface area (Å²) in [7, 11) is 0. The van der Waals surface area contributed by atoms with Crippen LogP contribution >= 0.6 is 11.3 Å². The first-order valence-electron chi connectivity index (χ1n) is 8.34. The maximum atomic E-state index is 12.0. The zero-order valence-corrected chi connectivity index (χ0v) is 15.1. The highest BCUT2D eigenvalue weighted by Gasteiger charge is 2.19. The van der Waals surface area contributed by atoms with Crippen molar-refractivity contribution in [2.75, 3.05) is 6.54 Å². The molecule has 3 aromatic rings. The SMILES string of the molecule is CC(NC(=O)C(=O)NCC(O)c1csc2ccccc12)c1ccccc1. The van der Waals surface area contributed by atoms with Gasteiger partial charge in [-0.3, -0.25) is 9.59 Å². The molecule has 0 aliphatic heterocycles. The maximum Gasteiger partial charge on any atom is 0.309 e. The average Bonchev–Trinajstić information content (AvgIpc) is 3.10. The smallest absolute Gasteiger partial charge is 0.309 e. The van der Waals surface area contributed by atoms with E-state index in [9.17, 15) is 14.7 Å². The second-order valence-corrected chi connectivity index (χ2v) is 6.93. The van der Waals surface area contributed by atoms with Crippen molar-refractivity contribution < 1.29 is 14.7 Å². The fourth-order valence-electron chi connectivity index (χ4n) is 2.72. The largest absolute Gasteiger partial charge is 0.387 e. The Balaban J connectivity index is 1.55. The van der Waals surface area contributed by atoms with Gasteiger partial charge >= 0.3 is 11.8 Å². The maximum absolute atomic E-state index is 12.0. The van der Waals surface area contributed by atoms with E-state index in [2.05, 4.69) is 10.6 Å². The standard InChI is InChI=1S/C20H20N2O3S/c1-13(14-7-3-2-4-8-14)22-20(25)19(24)21-11-17(23)16-12-26-18-10-6-5-9-15(16)18/h2-10,12-13,17,23H,11H2,1H3,(H,21,24)(H,22,25). The Labute approximate surface area is 155 Å². The molecule has 134 valence electrons. The number of carbonyl (C=O) groups excluding carboxylic acids is 2. The lowest BCUT2D eigenvalue weighted by molar-refractivity contribution is -0.139. The predicted molar refractivity (Wildman–Crippen MR) is 103 cm³/mol. The van der Waals surface area contributed by atoms with E-state index in [0.29, 0.717) is 0 Å². The van der Waals surface area contributed by atoms with Crippen molar-refractivity contribution >= 4 is 33.2 Å². The number of amides is 2. The minimum atomic E-state index is -0.866. The van der Waals surface area contributed by atoms with E-state index in [-0.39, 0.29) is 12.6 Å². The Morgan fingerprint density at radius 1 is 1.04 bits per heavy atom. The third-order valence-corrected chi connectivity index (χ3v) is 5.16. The summed E-state index contributed by atoms with van der Waals surface area (Å²) in [5.74, 6) is -1.48. The highest BCUT2D eigenvalue weighted by molar-refractivity contribution is 7.17. The van der Waals surface area contributed by atoms with Crippen molar-refractivity contribution in [3.05, 3.63) is 71.1 Å². The molecule has 0 bridgehead atoms. The van der Waals surface area contributed by atoms with Crippen LogP contribution in [0.25, 0.3) is 10.1 Å². The van der Waals surface area contributed by atoms with Crippen molar-refractivity contribution in [1.29, 1.82) is 0 Å². The summed E-state index contributed by atoms with van der Waals surface area (Å²) in [5, 5.41) is 18.3. The molecule has 0 aliphatic rings. The number of hydrogen-bond donors (Lipinski definition) is 3. The number of aliphatic hydroxyl groups is 1. The summed E-state index contributed by atoms with van der Waals surface area (Å²) in [6, 6.07) is 16.9. The van der Waals surface area contributed by atoms with Gasteiger partial charge in [-0.15, -0.1) is 11.3 Å². The zero-order chi connectivity index (χ0) is 18.5. The molecule has 0 radical (unpaired) electrons. The summed E-state index contributed by atoms with van der Waals surface area (Å²) in [4.78, 5) is 24.1. The van der Waals surface area contributed by atoms with Gasteiger partial charge in [0.15, 0.2) is 0 Å². The molecule has 26 heavy (non-hydrogen) atoms. The first-order valence-corrected chi connectivity index (χ1v) is 9.22. The highest BCUT2D eigenvalue weighted by Crippen LogP contribution is 2.29. The molecule has 2 atom stereocenters. The first-order chi connectivity index (χ1) is 12.6. The summed E-state index contributed by atoms with van der Waals surface area (Å²) in [6.45, 7) is 1.79. The molecule has 1 heterocycles. The van der Waals surface area contributed by atoms with Crippen LogP contribution in [0.3, 0.4) is 0 Å². The molecule has 3 rings (SSSR count). The van der Waals surface area contributed by atoms with Crippen molar-refractivity contribution in [1.82, 2.24) is 10.6 Å². The van der Waals surface area contributed by atoms with Gasteiger partial charge in [0.1, 0.15) is 0 Å². The van der Waals surface area contributed by atoms with E-state index in [4.69, 9.17) is 0 Å². The number of carbonyl (C=O) groups is 2. The summed E-state index contributed by atoms with van der Waals surface area (Å²) < 4.78 is 1.07. The first kappa shape index (κ1) is 18.1. The van der Waals surface area contributed by atoms with Crippen molar-refractivity contribution in [3.8, 4) is 0 Å². The van der Waals surface area contributed by atoms with Gasteiger partial charge in [-0.25, -0.2) is 0 Å². The number of rotatable bonds is 5. The van der Waals surface area contributed by atoms with Crippen LogP contribution in [0.4, 0.5) is 0 Å². The van der Waals surface area contributed by atoms with Crippen LogP contribution in [0.5, 0.6) is 0 Å². The Kier molecular flexibility index (Phi) is 5.65. The van der Waals surface area contributed by atoms with Gasteiger partial charge in [0.25, 0.3) is 0 Å². The normalized spacial score (nSPS) is 13.2. The van der Waals surface area contributed by atoms with E-state index in [1.807, 2.05) is 66.9 Å². The molecule has 6 heteroatoms. The zero-order valence-electron chi connectivity index (χ0n) is 14.3. The van der Waals surface area contributed by atoms with E-state index in [1.165, 1.54) is 11.3 Å². The van der Waals surface area contributed by atoms with Crippen LogP contribution in [0.2, 0.25) is 0 Å². The Morgan fingerprint density at radius 2 is 1.73 bits per heavy atom. The van der Waals surface area contributed by atoms with E-state index in [1.54, 1.807) is 0 Å². The van der Waals surface area contributed by atoms with Gasteiger partial charge in [-0.1, -0.05) is 48.5 Å². The molecule has 0 saturated heterocycles. The Morgan fingerprint density at radius 3 is 2.50 bits per heavy atom. The summed E-state index contributed by atoms with van der Waals surface area (Å²) in [5.41, 5.74) is 1.67. The van der Waals surface area contributed by atoms with Crippen LogP contribution in [-0.2, 0) is 9.59 Å². The lowest BCUT2D eigenvalue weighted by Crippen LogP contribution is -2.42. The number of hydrogen-bond acceptors (Lipinski definition) is 4. The number of nitrogens with one attached hydrogen (secondary N) is 2. The Bertz CT molecular complexity index is 908. The molecular formula is C20H20N2O3S. The van der Waals surface area contributed by atoms with E-state index in [0.717, 1.165) is 21.2 Å². The molecule has 2 amide bonds. The van der Waals surface area contributed by atoms with Gasteiger partial charge in [0.05, 0.1) is 12.1 Å². The average molecular weight is 368 g/mol. The number of fused-ring (bicyclic) bond motifs is 1. The van der Waals surface area contributed by atoms with Crippen molar-refractivity contribution in [2.45, 2.75) is 19.1 Å². The molecule has 0 saturated carbocycles. The molecule has 1 aromatic heterocycles. The molecule has 2 unspecified atom stereocenters. The predicted octanol–water partition coefficient (Wildman–Crippen LogP) is 2.93. The molecule has 5 nitrogen and oxygen atoms in total. The molecule has 0 aliphatic carbocycles. The monoisotopic (exact) mass is 368 g/mol. The van der Waals surface area contributed by atoms with E-state index >= 15 is 0 Å². The molecule has 3 N–H and O–H groups in total. The van der Waals surface area contributed by atoms with Crippen LogP contribution in [-0.4, -0.2) is 23.5 Å². The fraction of sp³-hybridized carbons (Fsp3) is 0.200. The van der Waals surface area contributed by atoms with Gasteiger partial charge in [-0.2, -0.15) is 0 Å². The van der Waals surface area contributed by atoms with Gasteiger partial charge < -0.3 is 15.7 Å². The van der Waals surface area contributed by atoms with Crippen molar-refractivity contribution in [3.63, 3.8) is 0 Å². The van der Waals surface area contributed by atoms with Gasteiger partial charge in [0, 0.05) is 16.8 Å². The van der Waals surface area contributed by atoms with Gasteiger partial charge in [0.2, 0.25) is 0 Å². The third kappa shape index (κ3) is 4.09. The Hall–Kier alpha value is -2.70. The quantitative estimate of drug-likeness (QED) is 0.606. The lowest BCUT2D eigenvalue weighted by Gasteiger charge is -2.15. The van der Waals surface area contributed by atoms with Crippen LogP contribution in [0, 0.1) is 0 Å². The molecule has 0 fully saturated rings. The van der Waals surface area contributed by atoms with Gasteiger partial charge in [-0.05, 0) is 29.3 Å². The van der Waals surface area contributed by atoms with Crippen molar-refractivity contribution in [2.24, 2.45) is 0 Å². The number of benzene rings is 2. The number of thiophene rings is 1. The minimum Gasteiger partial charge on any atom is -0.387 e. The topological polar surface area (TPSA) is 78.4 Å². The molecular weight excluding hydrogens is 348 g/mol. The van der Waals surface area contributed by atoms with Crippen LogP contribution in [0.15, 0.2) is 60.0 Å². The molecule has 0 spiro atoms. The lowest BCUT2D eigenvalue weighted by atomic mass is 10.1. The van der Waals surface area contributed by atoms with Crippen LogP contribution < -0.4 is 10.6 Å². The summed E-state index contributed by atoms with van der Waals surface area (Å²) >= 11 is 1.54. The second-order valence-electron chi connectivity index (χ2n) is 6.02. The van der Waals surface area contributed by atoms with E-state index < -0.39 is 17.9 Å². The molecule has 2 aromatic carbocycles. The highest BCUT2D eigenvalue weighted by atomic mass is 32.1. The van der Waals surface area contributed by atoms with Crippen LogP contribution in [0.1, 0.15) is 30.2 Å². The second kappa shape index (κ2) is 8.12. The summed E-state index contributed by atoms with van der Waals surface area (Å²) in [6.07, 6.45) is -0.866. The third-order valence-electron chi connectivity index (χ3n) is 4.18. The fourth-order valence-corrected chi connectivity index (χ4v) is 3.73.